The van der Waals surface area contributed by atoms with Crippen LogP contribution >= 0.6 is 0 Å². The van der Waals surface area contributed by atoms with Gasteiger partial charge in [-0.1, -0.05) is 6.92 Å². The van der Waals surface area contributed by atoms with Crippen molar-refractivity contribution in [3.05, 3.63) is 0 Å². The van der Waals surface area contributed by atoms with E-state index in [1.165, 1.54) is 19.6 Å². The Morgan fingerprint density at radius 2 is 2.38 bits per heavy atom. The molecule has 0 amide bonds. The maximum absolute atomic E-state index is 3.32. The first kappa shape index (κ1) is 4.77. The fourth-order valence-corrected chi connectivity index (χ4v) is 1.68. The summed E-state index contributed by atoms with van der Waals surface area (Å²) in [5.41, 5.74) is 3.32. The molecule has 2 nitrogen and oxygen atoms in total. The van der Waals surface area contributed by atoms with Crippen molar-refractivity contribution in [3.63, 3.8) is 0 Å². The highest BCUT2D eigenvalue weighted by Gasteiger charge is 2.34. The highest BCUT2D eigenvalue weighted by atomic mass is 15.5. The van der Waals surface area contributed by atoms with Crippen molar-refractivity contribution >= 4 is 0 Å². The third-order valence-electron chi connectivity index (χ3n) is 2.35. The van der Waals surface area contributed by atoms with Crippen LogP contribution in [0.5, 0.6) is 0 Å². The van der Waals surface area contributed by atoms with Crippen molar-refractivity contribution in [2.75, 3.05) is 19.6 Å². The summed E-state index contributed by atoms with van der Waals surface area (Å²) >= 11 is 0. The summed E-state index contributed by atoms with van der Waals surface area (Å²) in [5, 5.41) is 2.33. The van der Waals surface area contributed by atoms with Gasteiger partial charge in [0.2, 0.25) is 0 Å². The van der Waals surface area contributed by atoms with Gasteiger partial charge in [-0.05, 0) is 11.8 Å². The number of fused-ring (bicyclic) bond motifs is 2. The van der Waals surface area contributed by atoms with E-state index in [1.54, 1.807) is 0 Å². The van der Waals surface area contributed by atoms with Gasteiger partial charge in [-0.2, -0.15) is 0 Å². The highest BCUT2D eigenvalue weighted by molar-refractivity contribution is 4.85. The van der Waals surface area contributed by atoms with Crippen molar-refractivity contribution in [1.82, 2.24) is 10.4 Å². The van der Waals surface area contributed by atoms with E-state index >= 15 is 0 Å². The fraction of sp³-hybridized carbons (Fsp3) is 1.00. The molecule has 0 aliphatic carbocycles. The van der Waals surface area contributed by atoms with E-state index < -0.39 is 0 Å². The molecule has 0 saturated carbocycles. The maximum atomic E-state index is 3.32. The minimum absolute atomic E-state index is 0.941. The first-order valence-electron chi connectivity index (χ1n) is 3.35. The number of hydrazine groups is 1. The molecule has 2 rings (SSSR count). The summed E-state index contributed by atoms with van der Waals surface area (Å²) in [7, 11) is 0. The molecule has 46 valence electrons. The average molecular weight is 112 g/mol. The monoisotopic (exact) mass is 112 g/mol. The second-order valence-corrected chi connectivity index (χ2v) is 3.00. The summed E-state index contributed by atoms with van der Waals surface area (Å²) in [6, 6.07) is 0. The summed E-state index contributed by atoms with van der Waals surface area (Å²) in [6.07, 6.45) is 0. The number of hydrogen-bond donors (Lipinski definition) is 1. The van der Waals surface area contributed by atoms with Crippen LogP contribution in [-0.2, 0) is 0 Å². The van der Waals surface area contributed by atoms with Crippen LogP contribution in [0.1, 0.15) is 6.92 Å². The minimum Gasteiger partial charge on any atom is -0.255 e. The molecular formula is C6H12N2. The Kier molecular flexibility index (Phi) is 0.866. The lowest BCUT2D eigenvalue weighted by atomic mass is 9.99. The van der Waals surface area contributed by atoms with E-state index in [4.69, 9.17) is 0 Å². The SMILES string of the molecule is CC1CN2CC1CN2. The molecule has 3 atom stereocenters. The second kappa shape index (κ2) is 1.45. The van der Waals surface area contributed by atoms with E-state index in [0.717, 1.165) is 11.8 Å². The van der Waals surface area contributed by atoms with E-state index in [0.29, 0.717) is 0 Å². The van der Waals surface area contributed by atoms with Crippen molar-refractivity contribution in [1.29, 1.82) is 0 Å². The largest absolute Gasteiger partial charge is 0.255 e. The zero-order chi connectivity index (χ0) is 5.56. The zero-order valence-electron chi connectivity index (χ0n) is 5.22. The van der Waals surface area contributed by atoms with Crippen LogP contribution in [-0.4, -0.2) is 24.6 Å². The van der Waals surface area contributed by atoms with E-state index in [2.05, 4.69) is 17.4 Å². The summed E-state index contributed by atoms with van der Waals surface area (Å²) in [4.78, 5) is 0. The van der Waals surface area contributed by atoms with Gasteiger partial charge in [0.15, 0.2) is 0 Å². The van der Waals surface area contributed by atoms with E-state index in [9.17, 15) is 0 Å². The zero-order valence-corrected chi connectivity index (χ0v) is 5.22. The van der Waals surface area contributed by atoms with Crippen molar-refractivity contribution in [2.24, 2.45) is 11.8 Å². The third kappa shape index (κ3) is 0.501. The van der Waals surface area contributed by atoms with Crippen LogP contribution in [0.15, 0.2) is 0 Å². The van der Waals surface area contributed by atoms with Crippen molar-refractivity contribution in [3.8, 4) is 0 Å². The van der Waals surface area contributed by atoms with Gasteiger partial charge < -0.3 is 0 Å². The molecule has 2 saturated heterocycles. The second-order valence-electron chi connectivity index (χ2n) is 3.00. The molecule has 3 unspecified atom stereocenters. The number of rotatable bonds is 0. The van der Waals surface area contributed by atoms with Gasteiger partial charge in [0.1, 0.15) is 0 Å². The maximum Gasteiger partial charge on any atom is 0.0175 e. The van der Waals surface area contributed by atoms with Gasteiger partial charge in [0.05, 0.1) is 0 Å². The van der Waals surface area contributed by atoms with Crippen LogP contribution in [0.3, 0.4) is 0 Å². The van der Waals surface area contributed by atoms with Crippen molar-refractivity contribution in [2.45, 2.75) is 6.92 Å². The smallest absolute Gasteiger partial charge is 0.0175 e. The topological polar surface area (TPSA) is 15.3 Å². The molecule has 8 heavy (non-hydrogen) atoms. The predicted molar refractivity (Wildman–Crippen MR) is 32.2 cm³/mol. The van der Waals surface area contributed by atoms with Gasteiger partial charge in [0, 0.05) is 19.6 Å². The van der Waals surface area contributed by atoms with Gasteiger partial charge in [-0.15, -0.1) is 0 Å². The van der Waals surface area contributed by atoms with E-state index in [1.807, 2.05) is 0 Å². The van der Waals surface area contributed by atoms with Crippen LogP contribution in [0, 0.1) is 11.8 Å². The third-order valence-corrected chi connectivity index (χ3v) is 2.35. The van der Waals surface area contributed by atoms with Crippen LogP contribution < -0.4 is 5.43 Å². The predicted octanol–water partition coefficient (Wildman–Crippen LogP) is 0.0725. The minimum atomic E-state index is 0.941. The lowest BCUT2D eigenvalue weighted by molar-refractivity contribution is 0.237. The molecule has 0 radical (unpaired) electrons. The average Bonchev–Trinajstić information content (AvgIpc) is 2.23. The van der Waals surface area contributed by atoms with Crippen LogP contribution in [0.25, 0.3) is 0 Å². The Morgan fingerprint density at radius 3 is 2.62 bits per heavy atom. The molecule has 0 spiro atoms. The molecule has 2 heteroatoms. The number of hydrogen-bond acceptors (Lipinski definition) is 2. The molecule has 1 N–H and O–H groups in total. The van der Waals surface area contributed by atoms with Crippen LogP contribution in [0.2, 0.25) is 0 Å². The molecule has 0 aromatic carbocycles. The lowest BCUT2D eigenvalue weighted by Gasteiger charge is -2.18. The summed E-state index contributed by atoms with van der Waals surface area (Å²) < 4.78 is 0. The first-order valence-corrected chi connectivity index (χ1v) is 3.35. The molecular weight excluding hydrogens is 100 g/mol. The first-order chi connectivity index (χ1) is 3.86. The van der Waals surface area contributed by atoms with Gasteiger partial charge >= 0.3 is 0 Å². The normalized spacial score (nSPS) is 52.9. The molecule has 2 aliphatic heterocycles. The standard InChI is InChI=1S/C6H12N2/c1-5-3-8-4-6(5)2-7-8/h5-7H,2-4H2,1H3. The number of nitrogens with zero attached hydrogens (tertiary/aromatic N) is 1. The molecule has 2 fully saturated rings. The molecule has 0 aromatic rings. The Labute approximate surface area is 49.8 Å². The Balaban J connectivity index is 2.11. The van der Waals surface area contributed by atoms with Gasteiger partial charge in [-0.3, -0.25) is 5.43 Å². The molecule has 0 aromatic heterocycles. The van der Waals surface area contributed by atoms with Gasteiger partial charge in [-0.25, -0.2) is 5.01 Å². The Bertz CT molecular complexity index is 101. The quantitative estimate of drug-likeness (QED) is 0.477. The fourth-order valence-electron chi connectivity index (χ4n) is 1.68. The summed E-state index contributed by atoms with van der Waals surface area (Å²) in [5.74, 6) is 1.89. The molecule has 2 heterocycles. The highest BCUT2D eigenvalue weighted by Crippen LogP contribution is 2.25. The van der Waals surface area contributed by atoms with Crippen molar-refractivity contribution < 1.29 is 0 Å². The molecule has 2 bridgehead atoms. The molecule has 2 aliphatic rings. The Morgan fingerprint density at radius 1 is 1.50 bits per heavy atom. The number of nitrogens with one attached hydrogen (secondary N) is 1. The Hall–Kier alpha value is -0.0800. The van der Waals surface area contributed by atoms with Gasteiger partial charge in [0.25, 0.3) is 0 Å². The summed E-state index contributed by atoms with van der Waals surface area (Å²) in [6.45, 7) is 6.12. The van der Waals surface area contributed by atoms with E-state index in [-0.39, 0.29) is 0 Å². The lowest BCUT2D eigenvalue weighted by Crippen LogP contribution is -2.35. The van der Waals surface area contributed by atoms with Crippen LogP contribution in [0.4, 0.5) is 0 Å².